The van der Waals surface area contributed by atoms with E-state index in [2.05, 4.69) is 15.3 Å². The molecule has 1 amide bonds. The number of halogens is 1. The van der Waals surface area contributed by atoms with E-state index in [-0.39, 0.29) is 23.3 Å². The van der Waals surface area contributed by atoms with Crippen LogP contribution in [0.3, 0.4) is 0 Å². The highest BCUT2D eigenvalue weighted by Gasteiger charge is 2.07. The van der Waals surface area contributed by atoms with Crippen molar-refractivity contribution in [2.24, 2.45) is 0 Å². The lowest BCUT2D eigenvalue weighted by atomic mass is 10.3. The number of amides is 1. The Labute approximate surface area is 118 Å². The highest BCUT2D eigenvalue weighted by molar-refractivity contribution is 7.99. The molecule has 0 bridgehead atoms. The summed E-state index contributed by atoms with van der Waals surface area (Å²) < 4.78 is 13.0. The summed E-state index contributed by atoms with van der Waals surface area (Å²) in [6.07, 6.45) is 0. The van der Waals surface area contributed by atoms with Crippen molar-refractivity contribution in [1.29, 1.82) is 0 Å². The maximum atomic E-state index is 13.0. The zero-order chi connectivity index (χ0) is 14.5. The molecule has 1 heterocycles. The van der Waals surface area contributed by atoms with E-state index >= 15 is 0 Å². The smallest absolute Gasteiger partial charge is 0.234 e. The second-order valence-corrected chi connectivity index (χ2v) is 4.79. The number of nitrogen functional groups attached to an aromatic ring is 2. The molecule has 8 heteroatoms. The predicted octanol–water partition coefficient (Wildman–Crippen LogP) is 1.51. The Morgan fingerprint density at radius 3 is 2.60 bits per heavy atom. The van der Waals surface area contributed by atoms with Gasteiger partial charge in [0.2, 0.25) is 5.91 Å². The normalized spacial score (nSPS) is 10.2. The highest BCUT2D eigenvalue weighted by atomic mass is 32.2. The highest BCUT2D eigenvalue weighted by Crippen LogP contribution is 2.17. The summed E-state index contributed by atoms with van der Waals surface area (Å²) in [7, 11) is 0. The van der Waals surface area contributed by atoms with Crippen molar-refractivity contribution in [2.75, 3.05) is 22.5 Å². The van der Waals surface area contributed by atoms with Gasteiger partial charge in [-0.15, -0.1) is 0 Å². The van der Waals surface area contributed by atoms with Gasteiger partial charge in [0, 0.05) is 11.8 Å². The first kappa shape index (κ1) is 14.1. The van der Waals surface area contributed by atoms with Crippen molar-refractivity contribution in [2.45, 2.75) is 5.16 Å². The molecule has 0 aliphatic carbocycles. The molecule has 2 rings (SSSR count). The van der Waals surface area contributed by atoms with Crippen LogP contribution in [0.1, 0.15) is 0 Å². The van der Waals surface area contributed by atoms with Crippen LogP contribution in [0.25, 0.3) is 0 Å². The first-order valence-corrected chi connectivity index (χ1v) is 6.60. The molecule has 0 aliphatic rings. The summed E-state index contributed by atoms with van der Waals surface area (Å²) in [6, 6.07) is 7.07. The van der Waals surface area contributed by atoms with E-state index in [9.17, 15) is 9.18 Å². The molecule has 0 unspecified atom stereocenters. The van der Waals surface area contributed by atoms with E-state index in [0.29, 0.717) is 10.8 Å². The van der Waals surface area contributed by atoms with Gasteiger partial charge in [0.25, 0.3) is 0 Å². The molecular formula is C12H12FN5OS. The number of hydrogen-bond acceptors (Lipinski definition) is 6. The number of benzene rings is 1. The second kappa shape index (κ2) is 6.20. The molecule has 0 spiro atoms. The molecule has 0 saturated carbocycles. The van der Waals surface area contributed by atoms with Crippen molar-refractivity contribution in [3.63, 3.8) is 0 Å². The summed E-state index contributed by atoms with van der Waals surface area (Å²) in [5, 5.41) is 2.88. The molecule has 1 aromatic carbocycles. The van der Waals surface area contributed by atoms with Gasteiger partial charge in [0.05, 0.1) is 5.75 Å². The molecular weight excluding hydrogens is 281 g/mol. The number of hydrogen-bond donors (Lipinski definition) is 3. The number of anilines is 3. The summed E-state index contributed by atoms with van der Waals surface area (Å²) >= 11 is 1.09. The Bertz CT molecular complexity index is 617. The number of rotatable bonds is 4. The fourth-order valence-electron chi connectivity index (χ4n) is 1.42. The van der Waals surface area contributed by atoms with Crippen LogP contribution in [0.5, 0.6) is 0 Å². The molecule has 5 N–H and O–H groups in total. The van der Waals surface area contributed by atoms with E-state index in [1.807, 2.05) is 0 Å². The fraction of sp³-hybridized carbons (Fsp3) is 0.0833. The predicted molar refractivity (Wildman–Crippen MR) is 76.6 cm³/mol. The lowest BCUT2D eigenvalue weighted by molar-refractivity contribution is -0.113. The van der Waals surface area contributed by atoms with Gasteiger partial charge >= 0.3 is 0 Å². The van der Waals surface area contributed by atoms with Crippen LogP contribution in [-0.4, -0.2) is 21.6 Å². The maximum Gasteiger partial charge on any atom is 0.234 e. The van der Waals surface area contributed by atoms with Crippen LogP contribution in [0.4, 0.5) is 21.7 Å². The molecule has 104 valence electrons. The Morgan fingerprint density at radius 2 is 1.95 bits per heavy atom. The number of carbonyl (C=O) groups excluding carboxylic acids is 1. The van der Waals surface area contributed by atoms with Gasteiger partial charge in [-0.1, -0.05) is 17.8 Å². The summed E-state index contributed by atoms with van der Waals surface area (Å²) in [5.41, 5.74) is 11.4. The standard InChI is InChI=1S/C12H12FN5OS/c13-7-2-1-3-8(4-7)16-11(19)6-20-12-17-9(14)5-10(15)18-12/h1-5H,6H2,(H,16,19)(H4,14,15,17,18). The van der Waals surface area contributed by atoms with E-state index in [1.54, 1.807) is 6.07 Å². The topological polar surface area (TPSA) is 107 Å². The number of carbonyl (C=O) groups is 1. The van der Waals surface area contributed by atoms with E-state index < -0.39 is 5.82 Å². The third-order valence-corrected chi connectivity index (χ3v) is 3.03. The van der Waals surface area contributed by atoms with Gasteiger partial charge in [0.1, 0.15) is 17.5 Å². The van der Waals surface area contributed by atoms with E-state index in [4.69, 9.17) is 11.5 Å². The molecule has 6 nitrogen and oxygen atoms in total. The van der Waals surface area contributed by atoms with Gasteiger partial charge in [-0.25, -0.2) is 14.4 Å². The van der Waals surface area contributed by atoms with Crippen LogP contribution >= 0.6 is 11.8 Å². The molecule has 20 heavy (non-hydrogen) atoms. The molecule has 0 aliphatic heterocycles. The minimum Gasteiger partial charge on any atom is -0.383 e. The quantitative estimate of drug-likeness (QED) is 0.582. The number of aromatic nitrogens is 2. The van der Waals surface area contributed by atoms with Gasteiger partial charge in [0.15, 0.2) is 5.16 Å². The average molecular weight is 293 g/mol. The number of thioether (sulfide) groups is 1. The van der Waals surface area contributed by atoms with Crippen molar-refractivity contribution >= 4 is 35.0 Å². The van der Waals surface area contributed by atoms with Gasteiger partial charge in [-0.2, -0.15) is 0 Å². The zero-order valence-corrected chi connectivity index (χ0v) is 11.2. The average Bonchev–Trinajstić information content (AvgIpc) is 2.35. The fourth-order valence-corrected chi connectivity index (χ4v) is 2.09. The van der Waals surface area contributed by atoms with Crippen molar-refractivity contribution in [1.82, 2.24) is 9.97 Å². The lowest BCUT2D eigenvalue weighted by Gasteiger charge is -2.05. The Morgan fingerprint density at radius 1 is 1.25 bits per heavy atom. The van der Waals surface area contributed by atoms with E-state index in [1.165, 1.54) is 24.3 Å². The third kappa shape index (κ3) is 4.09. The second-order valence-electron chi connectivity index (χ2n) is 3.85. The third-order valence-electron chi connectivity index (χ3n) is 2.19. The summed E-state index contributed by atoms with van der Waals surface area (Å²) in [4.78, 5) is 19.6. The van der Waals surface area contributed by atoms with Crippen LogP contribution in [0.2, 0.25) is 0 Å². The monoisotopic (exact) mass is 293 g/mol. The van der Waals surface area contributed by atoms with Crippen molar-refractivity contribution < 1.29 is 9.18 Å². The molecule has 0 radical (unpaired) electrons. The first-order valence-electron chi connectivity index (χ1n) is 5.61. The first-order chi connectivity index (χ1) is 9.52. The Balaban J connectivity index is 1.92. The molecule has 0 fully saturated rings. The van der Waals surface area contributed by atoms with Gasteiger partial charge < -0.3 is 16.8 Å². The number of nitrogens with zero attached hydrogens (tertiary/aromatic N) is 2. The largest absolute Gasteiger partial charge is 0.383 e. The van der Waals surface area contributed by atoms with E-state index in [0.717, 1.165) is 11.8 Å². The molecule has 2 aromatic rings. The number of nitrogens with one attached hydrogen (secondary N) is 1. The summed E-state index contributed by atoms with van der Waals surface area (Å²) in [6.45, 7) is 0. The van der Waals surface area contributed by atoms with Crippen molar-refractivity contribution in [3.8, 4) is 0 Å². The van der Waals surface area contributed by atoms with Crippen molar-refractivity contribution in [3.05, 3.63) is 36.1 Å². The SMILES string of the molecule is Nc1cc(N)nc(SCC(=O)Nc2cccc(F)c2)n1. The van der Waals surface area contributed by atoms with Crippen LogP contribution in [0.15, 0.2) is 35.5 Å². The van der Waals surface area contributed by atoms with Gasteiger partial charge in [-0.3, -0.25) is 4.79 Å². The molecule has 1 aromatic heterocycles. The summed E-state index contributed by atoms with van der Waals surface area (Å²) in [5.74, 6) is -0.164. The molecule has 0 atom stereocenters. The van der Waals surface area contributed by atoms with Crippen LogP contribution in [0, 0.1) is 5.82 Å². The van der Waals surface area contributed by atoms with Gasteiger partial charge in [-0.05, 0) is 18.2 Å². The Hall–Kier alpha value is -2.35. The molecule has 0 saturated heterocycles. The minimum absolute atomic E-state index is 0.0689. The maximum absolute atomic E-state index is 13.0. The number of nitrogens with two attached hydrogens (primary N) is 2. The Kier molecular flexibility index (Phi) is 4.36. The zero-order valence-electron chi connectivity index (χ0n) is 10.3. The lowest BCUT2D eigenvalue weighted by Crippen LogP contribution is -2.14. The van der Waals surface area contributed by atoms with Crippen LogP contribution in [-0.2, 0) is 4.79 Å². The van der Waals surface area contributed by atoms with Crippen LogP contribution < -0.4 is 16.8 Å². The minimum atomic E-state index is -0.414.